The van der Waals surface area contributed by atoms with E-state index < -0.39 is 0 Å². The van der Waals surface area contributed by atoms with E-state index in [1.807, 2.05) is 6.07 Å². The molecule has 9 nitrogen and oxygen atoms in total. The highest BCUT2D eigenvalue weighted by Gasteiger charge is 2.21. The van der Waals surface area contributed by atoms with Gasteiger partial charge in [0.1, 0.15) is 5.82 Å². The molecule has 2 aromatic rings. The predicted molar refractivity (Wildman–Crippen MR) is 109 cm³/mol. The Labute approximate surface area is 170 Å². The first kappa shape index (κ1) is 19.7. The van der Waals surface area contributed by atoms with E-state index in [2.05, 4.69) is 36.1 Å². The molecule has 4 rings (SSSR count). The molecule has 2 saturated heterocycles. The minimum Gasteiger partial charge on any atom is -0.381 e. The van der Waals surface area contributed by atoms with E-state index in [9.17, 15) is 4.79 Å². The van der Waals surface area contributed by atoms with Gasteiger partial charge in [0, 0.05) is 38.1 Å². The number of rotatable bonds is 6. The lowest BCUT2D eigenvalue weighted by atomic mass is 9.99. The Hall–Kier alpha value is -2.65. The molecule has 0 radical (unpaired) electrons. The molecule has 2 fully saturated rings. The average molecular weight is 397 g/mol. The van der Waals surface area contributed by atoms with Crippen molar-refractivity contribution in [2.24, 2.45) is 11.8 Å². The van der Waals surface area contributed by atoms with Gasteiger partial charge in [-0.15, -0.1) is 5.10 Å². The molecule has 0 aromatic carbocycles. The van der Waals surface area contributed by atoms with Gasteiger partial charge in [-0.05, 0) is 50.3 Å². The summed E-state index contributed by atoms with van der Waals surface area (Å²) < 4.78 is 5.40. The lowest BCUT2D eigenvalue weighted by Crippen LogP contribution is -2.37. The number of hydrogen-bond acceptors (Lipinski definition) is 8. The first-order valence-corrected chi connectivity index (χ1v) is 10.3. The maximum absolute atomic E-state index is 12.4. The number of amides is 1. The lowest BCUT2D eigenvalue weighted by molar-refractivity contribution is -0.120. The van der Waals surface area contributed by atoms with E-state index in [-0.39, 0.29) is 11.8 Å². The summed E-state index contributed by atoms with van der Waals surface area (Å²) in [4.78, 5) is 21.1. The minimum absolute atomic E-state index is 0.0407. The Morgan fingerprint density at radius 2 is 2.17 bits per heavy atom. The summed E-state index contributed by atoms with van der Waals surface area (Å²) in [5.41, 5.74) is 1.52. The van der Waals surface area contributed by atoms with Crippen molar-refractivity contribution in [1.82, 2.24) is 25.5 Å². The third kappa shape index (κ3) is 5.45. The quantitative estimate of drug-likeness (QED) is 0.675. The van der Waals surface area contributed by atoms with Crippen LogP contribution in [-0.4, -0.2) is 58.9 Å². The van der Waals surface area contributed by atoms with Crippen LogP contribution < -0.4 is 16.0 Å². The van der Waals surface area contributed by atoms with Crippen LogP contribution in [0, 0.1) is 11.8 Å². The Morgan fingerprint density at radius 3 is 3.00 bits per heavy atom. The molecule has 4 heterocycles. The molecular formula is C20H27N7O2. The number of hydrogen-bond donors (Lipinski definition) is 3. The van der Waals surface area contributed by atoms with Crippen LogP contribution in [0.5, 0.6) is 0 Å². The number of carbonyl (C=O) groups is 1. The van der Waals surface area contributed by atoms with Crippen molar-refractivity contribution < 1.29 is 9.53 Å². The Balaban J connectivity index is 1.40. The Kier molecular flexibility index (Phi) is 6.58. The van der Waals surface area contributed by atoms with E-state index in [1.165, 1.54) is 0 Å². The summed E-state index contributed by atoms with van der Waals surface area (Å²) in [5.74, 6) is 1.53. The topological polar surface area (TPSA) is 114 Å². The van der Waals surface area contributed by atoms with Crippen molar-refractivity contribution in [3.8, 4) is 11.3 Å². The third-order valence-electron chi connectivity index (χ3n) is 5.42. The van der Waals surface area contributed by atoms with Crippen molar-refractivity contribution in [2.75, 3.05) is 43.5 Å². The molecule has 2 aromatic heterocycles. The molecule has 2 aliphatic heterocycles. The Morgan fingerprint density at radius 1 is 1.28 bits per heavy atom. The first-order valence-electron chi connectivity index (χ1n) is 10.3. The molecule has 2 aliphatic rings. The SMILES string of the molecule is O=C(Nc1nccc(-c2cnnc(NCC3CCOCC3)c2)n1)[C@@H]1CCCNC1. The highest BCUT2D eigenvalue weighted by atomic mass is 16.5. The van der Waals surface area contributed by atoms with Gasteiger partial charge in [-0.2, -0.15) is 5.10 Å². The highest BCUT2D eigenvalue weighted by Crippen LogP contribution is 2.21. The smallest absolute Gasteiger partial charge is 0.231 e. The zero-order valence-corrected chi connectivity index (χ0v) is 16.4. The normalized spacial score (nSPS) is 20.2. The van der Waals surface area contributed by atoms with Gasteiger partial charge in [-0.3, -0.25) is 10.1 Å². The molecule has 0 spiro atoms. The molecule has 29 heavy (non-hydrogen) atoms. The molecule has 1 atom stereocenters. The first-order chi connectivity index (χ1) is 14.3. The average Bonchev–Trinajstić information content (AvgIpc) is 2.79. The second-order valence-corrected chi connectivity index (χ2v) is 7.56. The van der Waals surface area contributed by atoms with Gasteiger partial charge in [0.2, 0.25) is 11.9 Å². The van der Waals surface area contributed by atoms with E-state index in [0.717, 1.165) is 57.6 Å². The molecule has 0 bridgehead atoms. The number of piperidine rings is 1. The van der Waals surface area contributed by atoms with Gasteiger partial charge in [-0.1, -0.05) is 0 Å². The van der Waals surface area contributed by atoms with Gasteiger partial charge in [0.25, 0.3) is 0 Å². The molecule has 3 N–H and O–H groups in total. The van der Waals surface area contributed by atoms with Crippen molar-refractivity contribution >= 4 is 17.7 Å². The van der Waals surface area contributed by atoms with Crippen molar-refractivity contribution in [2.45, 2.75) is 25.7 Å². The lowest BCUT2D eigenvalue weighted by Gasteiger charge is -2.22. The zero-order valence-electron chi connectivity index (χ0n) is 16.4. The second kappa shape index (κ2) is 9.71. The number of nitrogens with zero attached hydrogens (tertiary/aromatic N) is 4. The van der Waals surface area contributed by atoms with Crippen LogP contribution in [0.25, 0.3) is 11.3 Å². The van der Waals surface area contributed by atoms with Crippen LogP contribution in [0.4, 0.5) is 11.8 Å². The molecular weight excluding hydrogens is 370 g/mol. The van der Waals surface area contributed by atoms with Gasteiger partial charge >= 0.3 is 0 Å². The summed E-state index contributed by atoms with van der Waals surface area (Å²) >= 11 is 0. The fraction of sp³-hybridized carbons (Fsp3) is 0.550. The standard InChI is InChI=1S/C20H27N7O2/c28-19(15-2-1-6-21-12-15)26-20-22-7-3-17(25-20)16-10-18(27-24-13-16)23-11-14-4-8-29-9-5-14/h3,7,10,13-15,21H,1-2,4-6,8-9,11-12H2,(H,23,27)(H,22,25,26,28)/t15-/m1/s1. The summed E-state index contributed by atoms with van der Waals surface area (Å²) in [6.07, 6.45) is 7.32. The number of carbonyl (C=O) groups excluding carboxylic acids is 1. The fourth-order valence-electron chi connectivity index (χ4n) is 3.66. The molecule has 0 saturated carbocycles. The number of nitrogens with one attached hydrogen (secondary N) is 3. The fourth-order valence-corrected chi connectivity index (χ4v) is 3.66. The van der Waals surface area contributed by atoms with Crippen LogP contribution in [0.3, 0.4) is 0 Å². The maximum Gasteiger partial charge on any atom is 0.231 e. The molecule has 0 unspecified atom stereocenters. The summed E-state index contributed by atoms with van der Waals surface area (Å²) in [5, 5.41) is 17.7. The molecule has 9 heteroatoms. The van der Waals surface area contributed by atoms with E-state index >= 15 is 0 Å². The van der Waals surface area contributed by atoms with Crippen LogP contribution >= 0.6 is 0 Å². The van der Waals surface area contributed by atoms with Gasteiger partial charge in [-0.25, -0.2) is 9.97 Å². The van der Waals surface area contributed by atoms with Crippen LogP contribution in [0.15, 0.2) is 24.5 Å². The zero-order chi connectivity index (χ0) is 19.9. The maximum atomic E-state index is 12.4. The molecule has 1 amide bonds. The van der Waals surface area contributed by atoms with Gasteiger partial charge in [0.15, 0.2) is 0 Å². The van der Waals surface area contributed by atoms with Crippen molar-refractivity contribution in [3.05, 3.63) is 24.5 Å². The van der Waals surface area contributed by atoms with Crippen LogP contribution in [0.1, 0.15) is 25.7 Å². The van der Waals surface area contributed by atoms with E-state index in [4.69, 9.17) is 4.74 Å². The molecule has 154 valence electrons. The largest absolute Gasteiger partial charge is 0.381 e. The summed E-state index contributed by atoms with van der Waals surface area (Å²) in [6.45, 7) is 4.16. The van der Waals surface area contributed by atoms with Crippen LogP contribution in [-0.2, 0) is 9.53 Å². The molecule has 0 aliphatic carbocycles. The van der Waals surface area contributed by atoms with E-state index in [1.54, 1.807) is 18.5 Å². The summed E-state index contributed by atoms with van der Waals surface area (Å²) in [7, 11) is 0. The Bertz CT molecular complexity index is 820. The number of anilines is 2. The second-order valence-electron chi connectivity index (χ2n) is 7.56. The monoisotopic (exact) mass is 397 g/mol. The van der Waals surface area contributed by atoms with Gasteiger partial charge in [0.05, 0.1) is 17.8 Å². The van der Waals surface area contributed by atoms with Crippen molar-refractivity contribution in [3.63, 3.8) is 0 Å². The third-order valence-corrected chi connectivity index (χ3v) is 5.42. The summed E-state index contributed by atoms with van der Waals surface area (Å²) in [6, 6.07) is 3.72. The van der Waals surface area contributed by atoms with E-state index in [0.29, 0.717) is 29.9 Å². The van der Waals surface area contributed by atoms with Crippen LogP contribution in [0.2, 0.25) is 0 Å². The number of aromatic nitrogens is 4. The predicted octanol–water partition coefficient (Wildman–Crippen LogP) is 1.71. The van der Waals surface area contributed by atoms with Gasteiger partial charge < -0.3 is 15.4 Å². The van der Waals surface area contributed by atoms with Crippen molar-refractivity contribution in [1.29, 1.82) is 0 Å². The number of ether oxygens (including phenoxy) is 1. The highest BCUT2D eigenvalue weighted by molar-refractivity contribution is 5.91. The minimum atomic E-state index is -0.0420.